The first-order chi connectivity index (χ1) is 11.5. The summed E-state index contributed by atoms with van der Waals surface area (Å²) in [6, 6.07) is 0. The van der Waals surface area contributed by atoms with Gasteiger partial charge < -0.3 is 20.7 Å². The average Bonchev–Trinajstić information content (AvgIpc) is 3.00. The monoisotopic (exact) mass is 394 g/mol. The number of hydrogen-bond donors (Lipinski definition) is 4. The molecular formula is C11H15ClN6O6S. The summed E-state index contributed by atoms with van der Waals surface area (Å²) < 4.78 is 33.4. The number of rotatable bonds is 4. The lowest BCUT2D eigenvalue weighted by atomic mass is 9.99. The summed E-state index contributed by atoms with van der Waals surface area (Å²) in [5.74, 6) is 0.0297. The van der Waals surface area contributed by atoms with E-state index in [-0.39, 0.29) is 22.3 Å². The summed E-state index contributed by atoms with van der Waals surface area (Å²) in [7, 11) is -4.25. The topological polar surface area (TPSA) is 189 Å². The van der Waals surface area contributed by atoms with Crippen molar-refractivity contribution in [3.8, 4) is 0 Å². The molecule has 1 aliphatic heterocycles. The molecule has 0 aliphatic carbocycles. The highest BCUT2D eigenvalue weighted by atomic mass is 35.5. The largest absolute Gasteiger partial charge is 0.387 e. The predicted molar refractivity (Wildman–Crippen MR) is 84.3 cm³/mol. The van der Waals surface area contributed by atoms with Crippen LogP contribution in [0.4, 0.5) is 5.82 Å². The van der Waals surface area contributed by atoms with Crippen molar-refractivity contribution in [3.05, 3.63) is 11.6 Å². The Balaban J connectivity index is 1.96. The SMILES string of the molecule is C[C@]1(COS(N)(=O)=O)O[C@@H](n2cnc3c(N)nc(Cl)nc32)[C@H](O)[C@@H]1O. The van der Waals surface area contributed by atoms with Crippen molar-refractivity contribution >= 4 is 38.9 Å². The van der Waals surface area contributed by atoms with Gasteiger partial charge in [-0.05, 0) is 18.5 Å². The normalized spacial score (nSPS) is 30.2. The Bertz CT molecular complexity index is 921. The van der Waals surface area contributed by atoms with E-state index in [0.717, 1.165) is 0 Å². The van der Waals surface area contributed by atoms with Crippen molar-refractivity contribution in [2.45, 2.75) is 31.0 Å². The van der Waals surface area contributed by atoms with Crippen molar-refractivity contribution in [1.29, 1.82) is 0 Å². The lowest BCUT2D eigenvalue weighted by Gasteiger charge is -2.26. The third-order valence-corrected chi connectivity index (χ3v) is 4.45. The van der Waals surface area contributed by atoms with Crippen molar-refractivity contribution in [2.24, 2.45) is 5.14 Å². The molecule has 2 aromatic heterocycles. The maximum Gasteiger partial charge on any atom is 0.333 e. The number of anilines is 1. The van der Waals surface area contributed by atoms with Gasteiger partial charge in [0, 0.05) is 0 Å². The molecule has 0 spiro atoms. The number of aromatic nitrogens is 4. The fourth-order valence-corrected chi connectivity index (χ4v) is 3.14. The molecule has 0 radical (unpaired) electrons. The minimum absolute atomic E-state index is 0.0297. The number of aliphatic hydroxyl groups excluding tert-OH is 2. The summed E-state index contributed by atoms with van der Waals surface area (Å²) in [6.07, 6.45) is -2.80. The van der Waals surface area contributed by atoms with Gasteiger partial charge in [-0.25, -0.2) is 10.1 Å². The van der Waals surface area contributed by atoms with Crippen LogP contribution < -0.4 is 10.9 Å². The molecule has 3 rings (SSSR count). The van der Waals surface area contributed by atoms with Gasteiger partial charge in [-0.1, -0.05) is 0 Å². The second-order valence-electron chi connectivity index (χ2n) is 5.71. The minimum atomic E-state index is -4.25. The zero-order chi connectivity index (χ0) is 18.6. The maximum absolute atomic E-state index is 11.0. The number of ether oxygens (including phenoxy) is 1. The van der Waals surface area contributed by atoms with E-state index in [9.17, 15) is 18.6 Å². The first kappa shape index (κ1) is 18.2. The van der Waals surface area contributed by atoms with Crippen molar-refractivity contribution < 1.29 is 27.6 Å². The molecule has 2 aromatic rings. The molecule has 3 heterocycles. The number of aliphatic hydroxyl groups is 2. The smallest absolute Gasteiger partial charge is 0.333 e. The third kappa shape index (κ3) is 3.27. The van der Waals surface area contributed by atoms with Crippen molar-refractivity contribution in [2.75, 3.05) is 12.3 Å². The van der Waals surface area contributed by atoms with Crippen LogP contribution in [-0.2, 0) is 19.2 Å². The molecule has 1 saturated heterocycles. The van der Waals surface area contributed by atoms with Crippen molar-refractivity contribution in [1.82, 2.24) is 19.5 Å². The lowest BCUT2D eigenvalue weighted by molar-refractivity contribution is -0.110. The van der Waals surface area contributed by atoms with Crippen LogP contribution in [0, 0.1) is 0 Å². The average molecular weight is 395 g/mol. The molecule has 1 fully saturated rings. The first-order valence-corrected chi connectivity index (χ1v) is 8.73. The van der Waals surface area contributed by atoms with Crippen LogP contribution in [-0.4, -0.2) is 62.6 Å². The van der Waals surface area contributed by atoms with Crippen LogP contribution in [0.15, 0.2) is 6.33 Å². The third-order valence-electron chi connectivity index (χ3n) is 3.84. The molecule has 138 valence electrons. The summed E-state index contributed by atoms with van der Waals surface area (Å²) in [4.78, 5) is 11.8. The molecule has 0 bridgehead atoms. The summed E-state index contributed by atoms with van der Waals surface area (Å²) in [6.45, 7) is 0.757. The molecule has 6 N–H and O–H groups in total. The van der Waals surface area contributed by atoms with Gasteiger partial charge in [-0.2, -0.15) is 18.4 Å². The minimum Gasteiger partial charge on any atom is -0.387 e. The van der Waals surface area contributed by atoms with E-state index in [4.69, 9.17) is 27.2 Å². The Morgan fingerprint density at radius 2 is 2.16 bits per heavy atom. The molecule has 0 saturated carbocycles. The Hall–Kier alpha value is -1.61. The fourth-order valence-electron chi connectivity index (χ4n) is 2.57. The standard InChI is InChI=1S/C11H15ClN6O6S/c1-11(2-23-25(14,21)22)6(20)5(19)9(24-11)18-3-15-4-7(13)16-10(12)17-8(4)18/h3,5-6,9,19-20H,2H2,1H3,(H2,13,16,17)(H2,14,21,22)/t5-,6+,9-,11-/m1/s1. The number of imidazole rings is 1. The predicted octanol–water partition coefficient (Wildman–Crippen LogP) is -1.71. The second kappa shape index (κ2) is 5.98. The zero-order valence-corrected chi connectivity index (χ0v) is 14.3. The zero-order valence-electron chi connectivity index (χ0n) is 12.8. The summed E-state index contributed by atoms with van der Waals surface area (Å²) in [5.41, 5.74) is 4.55. The summed E-state index contributed by atoms with van der Waals surface area (Å²) in [5, 5.41) is 25.2. The molecule has 14 heteroatoms. The van der Waals surface area contributed by atoms with Gasteiger partial charge in [0.25, 0.3) is 0 Å². The van der Waals surface area contributed by atoms with Gasteiger partial charge >= 0.3 is 10.3 Å². The van der Waals surface area contributed by atoms with E-state index in [0.29, 0.717) is 0 Å². The number of halogens is 1. The highest BCUT2D eigenvalue weighted by Crippen LogP contribution is 2.38. The molecular weight excluding hydrogens is 380 g/mol. The fraction of sp³-hybridized carbons (Fsp3) is 0.545. The Morgan fingerprint density at radius 3 is 2.80 bits per heavy atom. The Morgan fingerprint density at radius 1 is 1.48 bits per heavy atom. The second-order valence-corrected chi connectivity index (χ2v) is 7.27. The van der Waals surface area contributed by atoms with Crippen LogP contribution in [0.1, 0.15) is 13.2 Å². The number of fused-ring (bicyclic) bond motifs is 1. The van der Waals surface area contributed by atoms with Crippen molar-refractivity contribution in [3.63, 3.8) is 0 Å². The number of nitrogens with zero attached hydrogens (tertiary/aromatic N) is 4. The number of nitrogens with two attached hydrogens (primary N) is 2. The van der Waals surface area contributed by atoms with Gasteiger partial charge in [0.2, 0.25) is 5.28 Å². The molecule has 0 unspecified atom stereocenters. The van der Waals surface area contributed by atoms with E-state index in [1.54, 1.807) is 0 Å². The van der Waals surface area contributed by atoms with Gasteiger partial charge in [0.15, 0.2) is 17.7 Å². The van der Waals surface area contributed by atoms with E-state index >= 15 is 0 Å². The Kier molecular flexibility index (Phi) is 4.35. The first-order valence-electron chi connectivity index (χ1n) is 6.88. The van der Waals surface area contributed by atoms with Gasteiger partial charge in [-0.3, -0.25) is 8.75 Å². The molecule has 4 atom stereocenters. The van der Waals surface area contributed by atoms with Crippen LogP contribution in [0.25, 0.3) is 11.2 Å². The molecule has 25 heavy (non-hydrogen) atoms. The highest BCUT2D eigenvalue weighted by molar-refractivity contribution is 7.84. The molecule has 0 aromatic carbocycles. The Labute approximate surface area is 146 Å². The molecule has 0 amide bonds. The van der Waals surface area contributed by atoms with Gasteiger partial charge in [-0.15, -0.1) is 0 Å². The lowest BCUT2D eigenvalue weighted by Crippen LogP contribution is -2.45. The van der Waals surface area contributed by atoms with Gasteiger partial charge in [0.1, 0.15) is 23.3 Å². The van der Waals surface area contributed by atoms with E-state index in [1.807, 2.05) is 0 Å². The van der Waals surface area contributed by atoms with Crippen LogP contribution in [0.2, 0.25) is 5.28 Å². The molecule has 12 nitrogen and oxygen atoms in total. The highest BCUT2D eigenvalue weighted by Gasteiger charge is 2.53. The van der Waals surface area contributed by atoms with Crippen LogP contribution in [0.3, 0.4) is 0 Å². The van der Waals surface area contributed by atoms with Crippen LogP contribution >= 0.6 is 11.6 Å². The number of nitrogen functional groups attached to an aromatic ring is 1. The maximum atomic E-state index is 11.0. The molecule has 1 aliphatic rings. The van der Waals surface area contributed by atoms with E-state index in [2.05, 4.69) is 19.1 Å². The van der Waals surface area contributed by atoms with Gasteiger partial charge in [0.05, 0.1) is 12.9 Å². The van der Waals surface area contributed by atoms with Crippen LogP contribution in [0.5, 0.6) is 0 Å². The van der Waals surface area contributed by atoms with E-state index in [1.165, 1.54) is 17.8 Å². The summed E-state index contributed by atoms with van der Waals surface area (Å²) >= 11 is 5.78. The quantitative estimate of drug-likeness (QED) is 0.434. The van der Waals surface area contributed by atoms with E-state index < -0.39 is 40.9 Å². The number of hydrogen-bond acceptors (Lipinski definition) is 10.